The van der Waals surface area contributed by atoms with E-state index in [4.69, 9.17) is 9.47 Å². The van der Waals surface area contributed by atoms with E-state index in [2.05, 4.69) is 20.4 Å². The minimum absolute atomic E-state index is 0.532. The molecule has 0 spiro atoms. The van der Waals surface area contributed by atoms with Gasteiger partial charge in [-0.05, 0) is 54.1 Å². The molecule has 5 aromatic rings. The van der Waals surface area contributed by atoms with E-state index in [-0.39, 0.29) is 0 Å². The standard InChI is InChI=1S/C25H21N5O2/c1-31-21-13-9-20(10-14-21)30-25-23(15-28-30)24(26-17-27-25)29-19-7-11-22(12-8-19)32-16-18-5-3-2-4-6-18/h2-15,17H,16H2,1H3,(H,26,27,29). The molecule has 7 nitrogen and oxygen atoms in total. The Hall–Kier alpha value is -4.39. The third kappa shape index (κ3) is 4.09. The van der Waals surface area contributed by atoms with Crippen molar-refractivity contribution in [3.05, 3.63) is 97.0 Å². The first-order chi connectivity index (χ1) is 15.8. The highest BCUT2D eigenvalue weighted by molar-refractivity contribution is 5.89. The molecule has 0 amide bonds. The molecule has 2 aromatic heterocycles. The van der Waals surface area contributed by atoms with Gasteiger partial charge in [0.1, 0.15) is 30.3 Å². The fourth-order valence-electron chi connectivity index (χ4n) is 3.37. The van der Waals surface area contributed by atoms with E-state index in [0.29, 0.717) is 12.4 Å². The summed E-state index contributed by atoms with van der Waals surface area (Å²) < 4.78 is 12.9. The number of nitrogens with zero attached hydrogens (tertiary/aromatic N) is 4. The van der Waals surface area contributed by atoms with Crippen molar-refractivity contribution in [1.29, 1.82) is 0 Å². The van der Waals surface area contributed by atoms with E-state index in [1.165, 1.54) is 6.33 Å². The molecule has 158 valence electrons. The van der Waals surface area contributed by atoms with Crippen molar-refractivity contribution in [1.82, 2.24) is 19.7 Å². The second kappa shape index (κ2) is 8.77. The third-order valence-corrected chi connectivity index (χ3v) is 5.05. The van der Waals surface area contributed by atoms with Crippen LogP contribution in [0, 0.1) is 0 Å². The number of anilines is 2. The maximum absolute atomic E-state index is 5.86. The molecule has 0 bridgehead atoms. The summed E-state index contributed by atoms with van der Waals surface area (Å²) in [5.74, 6) is 2.28. The molecule has 0 unspecified atom stereocenters. The van der Waals surface area contributed by atoms with Crippen LogP contribution in [-0.4, -0.2) is 26.9 Å². The van der Waals surface area contributed by atoms with Crippen molar-refractivity contribution < 1.29 is 9.47 Å². The molecule has 0 fully saturated rings. The molecule has 0 atom stereocenters. The lowest BCUT2D eigenvalue weighted by molar-refractivity contribution is 0.306. The van der Waals surface area contributed by atoms with Crippen LogP contribution in [-0.2, 0) is 6.61 Å². The summed E-state index contributed by atoms with van der Waals surface area (Å²) in [5, 5.41) is 8.68. The predicted octanol–water partition coefficient (Wildman–Crippen LogP) is 5.15. The van der Waals surface area contributed by atoms with Crippen LogP contribution in [0.25, 0.3) is 16.7 Å². The first kappa shape index (κ1) is 19.6. The van der Waals surface area contributed by atoms with Crippen LogP contribution in [0.1, 0.15) is 5.56 Å². The van der Waals surface area contributed by atoms with Gasteiger partial charge in [0, 0.05) is 5.69 Å². The smallest absolute Gasteiger partial charge is 0.168 e. The molecular formula is C25H21N5O2. The third-order valence-electron chi connectivity index (χ3n) is 5.05. The Balaban J connectivity index is 1.33. The van der Waals surface area contributed by atoms with Crippen LogP contribution >= 0.6 is 0 Å². The Morgan fingerprint density at radius 2 is 1.59 bits per heavy atom. The Kier molecular flexibility index (Phi) is 5.36. The first-order valence-electron chi connectivity index (χ1n) is 10.2. The van der Waals surface area contributed by atoms with E-state index in [9.17, 15) is 0 Å². The number of benzene rings is 3. The number of fused-ring (bicyclic) bond motifs is 1. The largest absolute Gasteiger partial charge is 0.497 e. The topological polar surface area (TPSA) is 74.1 Å². The maximum Gasteiger partial charge on any atom is 0.168 e. The van der Waals surface area contributed by atoms with Gasteiger partial charge in [-0.2, -0.15) is 5.10 Å². The fourth-order valence-corrected chi connectivity index (χ4v) is 3.37. The number of methoxy groups -OCH3 is 1. The molecule has 0 aliphatic carbocycles. The van der Waals surface area contributed by atoms with Crippen LogP contribution in [0.5, 0.6) is 11.5 Å². The van der Waals surface area contributed by atoms with Crippen LogP contribution in [0.2, 0.25) is 0 Å². The van der Waals surface area contributed by atoms with Crippen molar-refractivity contribution >= 4 is 22.5 Å². The van der Waals surface area contributed by atoms with Gasteiger partial charge >= 0.3 is 0 Å². The van der Waals surface area contributed by atoms with E-state index < -0.39 is 0 Å². The van der Waals surface area contributed by atoms with Crippen molar-refractivity contribution in [3.63, 3.8) is 0 Å². The number of ether oxygens (including phenoxy) is 2. The molecule has 1 N–H and O–H groups in total. The number of nitrogens with one attached hydrogen (secondary N) is 1. The number of hydrogen-bond acceptors (Lipinski definition) is 6. The van der Waals surface area contributed by atoms with Crippen LogP contribution < -0.4 is 14.8 Å². The van der Waals surface area contributed by atoms with Gasteiger partial charge in [-0.25, -0.2) is 14.6 Å². The van der Waals surface area contributed by atoms with Crippen molar-refractivity contribution in [3.8, 4) is 17.2 Å². The average Bonchev–Trinajstić information content (AvgIpc) is 3.30. The summed E-state index contributed by atoms with van der Waals surface area (Å²) in [6.07, 6.45) is 3.29. The first-order valence-corrected chi connectivity index (χ1v) is 10.2. The zero-order chi connectivity index (χ0) is 21.8. The molecule has 5 rings (SSSR count). The number of rotatable bonds is 7. The number of hydrogen-bond donors (Lipinski definition) is 1. The van der Waals surface area contributed by atoms with Gasteiger partial charge in [0.2, 0.25) is 0 Å². The summed E-state index contributed by atoms with van der Waals surface area (Å²) in [4.78, 5) is 8.84. The maximum atomic E-state index is 5.86. The highest BCUT2D eigenvalue weighted by Gasteiger charge is 2.11. The Labute approximate surface area is 185 Å². The minimum Gasteiger partial charge on any atom is -0.497 e. The van der Waals surface area contributed by atoms with Crippen LogP contribution in [0.3, 0.4) is 0 Å². The van der Waals surface area contributed by atoms with E-state index in [1.807, 2.05) is 78.9 Å². The molecule has 0 saturated carbocycles. The van der Waals surface area contributed by atoms with Gasteiger partial charge < -0.3 is 14.8 Å². The molecule has 32 heavy (non-hydrogen) atoms. The fraction of sp³-hybridized carbons (Fsp3) is 0.0800. The molecule has 3 aromatic carbocycles. The Bertz CT molecular complexity index is 1320. The van der Waals surface area contributed by atoms with Gasteiger partial charge in [-0.3, -0.25) is 0 Å². The summed E-state index contributed by atoms with van der Waals surface area (Å²) in [6.45, 7) is 0.532. The molecular weight excluding hydrogens is 402 g/mol. The second-order valence-corrected chi connectivity index (χ2v) is 7.14. The average molecular weight is 423 g/mol. The van der Waals surface area contributed by atoms with Gasteiger partial charge in [0.15, 0.2) is 5.65 Å². The summed E-state index contributed by atoms with van der Waals surface area (Å²) in [6, 6.07) is 25.5. The second-order valence-electron chi connectivity index (χ2n) is 7.14. The lowest BCUT2D eigenvalue weighted by Gasteiger charge is -2.09. The van der Waals surface area contributed by atoms with Gasteiger partial charge in [0.25, 0.3) is 0 Å². The highest BCUT2D eigenvalue weighted by Crippen LogP contribution is 2.26. The van der Waals surface area contributed by atoms with Crippen LogP contribution in [0.15, 0.2) is 91.4 Å². The highest BCUT2D eigenvalue weighted by atomic mass is 16.5. The lowest BCUT2D eigenvalue weighted by atomic mass is 10.2. The lowest BCUT2D eigenvalue weighted by Crippen LogP contribution is -2.00. The summed E-state index contributed by atoms with van der Waals surface area (Å²) in [7, 11) is 1.64. The van der Waals surface area contributed by atoms with Gasteiger partial charge in [-0.15, -0.1) is 0 Å². The van der Waals surface area contributed by atoms with E-state index in [1.54, 1.807) is 18.0 Å². The Morgan fingerprint density at radius 1 is 0.844 bits per heavy atom. The van der Waals surface area contributed by atoms with Crippen molar-refractivity contribution in [2.45, 2.75) is 6.61 Å². The molecule has 0 aliphatic heterocycles. The predicted molar refractivity (Wildman–Crippen MR) is 124 cm³/mol. The summed E-state index contributed by atoms with van der Waals surface area (Å²) in [5.41, 5.74) is 3.64. The monoisotopic (exact) mass is 423 g/mol. The van der Waals surface area contributed by atoms with Crippen molar-refractivity contribution in [2.24, 2.45) is 0 Å². The zero-order valence-electron chi connectivity index (χ0n) is 17.5. The minimum atomic E-state index is 0.532. The molecule has 0 radical (unpaired) electrons. The normalized spacial score (nSPS) is 10.8. The van der Waals surface area contributed by atoms with Crippen molar-refractivity contribution in [2.75, 3.05) is 12.4 Å². The van der Waals surface area contributed by atoms with E-state index >= 15 is 0 Å². The quantitative estimate of drug-likeness (QED) is 0.390. The van der Waals surface area contributed by atoms with Crippen LogP contribution in [0.4, 0.5) is 11.5 Å². The summed E-state index contributed by atoms with van der Waals surface area (Å²) >= 11 is 0. The molecule has 7 heteroatoms. The van der Waals surface area contributed by atoms with E-state index in [0.717, 1.165) is 39.5 Å². The van der Waals surface area contributed by atoms with Gasteiger partial charge in [0.05, 0.1) is 24.4 Å². The molecule has 0 saturated heterocycles. The SMILES string of the molecule is COc1ccc(-n2ncc3c(Nc4ccc(OCc5ccccc5)cc4)ncnc32)cc1. The Morgan fingerprint density at radius 3 is 2.34 bits per heavy atom. The zero-order valence-corrected chi connectivity index (χ0v) is 17.5. The molecule has 2 heterocycles. The van der Waals surface area contributed by atoms with Gasteiger partial charge in [-0.1, -0.05) is 30.3 Å². The molecule has 0 aliphatic rings. The number of aromatic nitrogens is 4.